The van der Waals surface area contributed by atoms with E-state index in [1.807, 2.05) is 19.1 Å². The molecule has 0 atom stereocenters. The first-order chi connectivity index (χ1) is 14.1. The highest BCUT2D eigenvalue weighted by atomic mass is 16.6. The fraction of sp³-hybridized carbons (Fsp3) is 0.318. The van der Waals surface area contributed by atoms with Crippen molar-refractivity contribution in [3.8, 4) is 28.7 Å². The SMILES string of the molecule is CCOc1ccc(OCCOC(=O)C=Cc2cc(OC)c(OC)c(OC)c2)cc1. The summed E-state index contributed by atoms with van der Waals surface area (Å²) in [6, 6.07) is 10.7. The number of esters is 1. The normalized spacial score (nSPS) is 10.5. The first-order valence-corrected chi connectivity index (χ1v) is 9.11. The Labute approximate surface area is 170 Å². The lowest BCUT2D eigenvalue weighted by Gasteiger charge is -2.12. The lowest BCUT2D eigenvalue weighted by molar-refractivity contribution is -0.138. The quantitative estimate of drug-likeness (QED) is 0.322. The first-order valence-electron chi connectivity index (χ1n) is 9.11. The number of carbonyl (C=O) groups is 1. The van der Waals surface area contributed by atoms with E-state index < -0.39 is 5.97 Å². The predicted molar refractivity (Wildman–Crippen MR) is 109 cm³/mol. The maximum Gasteiger partial charge on any atom is 0.330 e. The highest BCUT2D eigenvalue weighted by Crippen LogP contribution is 2.38. The van der Waals surface area contributed by atoms with Crippen molar-refractivity contribution in [2.45, 2.75) is 6.92 Å². The summed E-state index contributed by atoms with van der Waals surface area (Å²) in [7, 11) is 4.59. The van der Waals surface area contributed by atoms with Crippen LogP contribution in [-0.2, 0) is 9.53 Å². The van der Waals surface area contributed by atoms with E-state index in [2.05, 4.69) is 0 Å². The van der Waals surface area contributed by atoms with Crippen LogP contribution < -0.4 is 23.7 Å². The summed E-state index contributed by atoms with van der Waals surface area (Å²) >= 11 is 0. The Morgan fingerprint density at radius 2 is 1.45 bits per heavy atom. The molecule has 7 heteroatoms. The van der Waals surface area contributed by atoms with Crippen molar-refractivity contribution in [2.75, 3.05) is 41.2 Å². The second-order valence-electron chi connectivity index (χ2n) is 5.71. The molecule has 0 heterocycles. The molecule has 0 spiro atoms. The number of benzene rings is 2. The summed E-state index contributed by atoms with van der Waals surface area (Å²) in [4.78, 5) is 11.9. The summed E-state index contributed by atoms with van der Waals surface area (Å²) in [5, 5.41) is 0. The van der Waals surface area contributed by atoms with Crippen molar-refractivity contribution in [2.24, 2.45) is 0 Å². The average Bonchev–Trinajstić information content (AvgIpc) is 2.75. The molecule has 0 bridgehead atoms. The monoisotopic (exact) mass is 402 g/mol. The van der Waals surface area contributed by atoms with Crippen LogP contribution in [0.2, 0.25) is 0 Å². The number of hydrogen-bond donors (Lipinski definition) is 0. The molecule has 7 nitrogen and oxygen atoms in total. The molecule has 0 aliphatic heterocycles. The van der Waals surface area contributed by atoms with Crippen LogP contribution in [0, 0.1) is 0 Å². The molecule has 0 aliphatic rings. The first kappa shape index (κ1) is 21.9. The molecule has 0 amide bonds. The number of carbonyl (C=O) groups excluding carboxylic acids is 1. The summed E-state index contributed by atoms with van der Waals surface area (Å²) in [5.41, 5.74) is 0.710. The fourth-order valence-electron chi connectivity index (χ4n) is 2.51. The largest absolute Gasteiger partial charge is 0.494 e. The molecule has 0 unspecified atom stereocenters. The number of methoxy groups -OCH3 is 3. The molecule has 2 rings (SSSR count). The van der Waals surface area contributed by atoms with Gasteiger partial charge in [0, 0.05) is 6.08 Å². The molecule has 2 aromatic carbocycles. The summed E-state index contributed by atoms with van der Waals surface area (Å²) in [5.74, 6) is 2.48. The van der Waals surface area contributed by atoms with Crippen LogP contribution in [0.3, 0.4) is 0 Å². The van der Waals surface area contributed by atoms with Gasteiger partial charge in [0.15, 0.2) is 11.5 Å². The Morgan fingerprint density at radius 1 is 0.862 bits per heavy atom. The van der Waals surface area contributed by atoms with E-state index in [4.69, 9.17) is 28.4 Å². The van der Waals surface area contributed by atoms with Crippen LogP contribution in [0.5, 0.6) is 28.7 Å². The van der Waals surface area contributed by atoms with E-state index in [9.17, 15) is 4.79 Å². The van der Waals surface area contributed by atoms with Crippen LogP contribution in [0.15, 0.2) is 42.5 Å². The van der Waals surface area contributed by atoms with Gasteiger partial charge in [-0.2, -0.15) is 0 Å². The van der Waals surface area contributed by atoms with Gasteiger partial charge in [0.05, 0.1) is 27.9 Å². The maximum atomic E-state index is 11.9. The topological polar surface area (TPSA) is 72.5 Å². The third-order valence-electron chi connectivity index (χ3n) is 3.83. The zero-order valence-electron chi connectivity index (χ0n) is 17.1. The standard InChI is InChI=1S/C22H26O7/c1-5-27-17-7-9-18(10-8-17)28-12-13-29-21(23)11-6-16-14-19(24-2)22(26-4)20(15-16)25-3/h6-11,14-15H,5,12-13H2,1-4H3. The van der Waals surface area contributed by atoms with Gasteiger partial charge in [-0.05, 0) is 55.0 Å². The molecule has 0 aliphatic carbocycles. The van der Waals surface area contributed by atoms with Crippen molar-refractivity contribution in [1.29, 1.82) is 0 Å². The molecule has 0 saturated heterocycles. The van der Waals surface area contributed by atoms with E-state index in [0.717, 1.165) is 5.75 Å². The minimum atomic E-state index is -0.478. The Kier molecular flexibility index (Phi) is 8.69. The van der Waals surface area contributed by atoms with Crippen LogP contribution >= 0.6 is 0 Å². The highest BCUT2D eigenvalue weighted by Gasteiger charge is 2.12. The summed E-state index contributed by atoms with van der Waals surface area (Å²) < 4.78 is 31.9. The molecule has 156 valence electrons. The second-order valence-corrected chi connectivity index (χ2v) is 5.71. The van der Waals surface area contributed by atoms with Gasteiger partial charge in [-0.25, -0.2) is 4.79 Å². The molecular formula is C22H26O7. The van der Waals surface area contributed by atoms with Gasteiger partial charge in [0.1, 0.15) is 24.7 Å². The van der Waals surface area contributed by atoms with E-state index >= 15 is 0 Å². The van der Waals surface area contributed by atoms with Gasteiger partial charge >= 0.3 is 5.97 Å². The minimum Gasteiger partial charge on any atom is -0.494 e. The third-order valence-corrected chi connectivity index (χ3v) is 3.83. The van der Waals surface area contributed by atoms with E-state index in [-0.39, 0.29) is 13.2 Å². The van der Waals surface area contributed by atoms with E-state index in [1.54, 1.807) is 30.3 Å². The molecule has 0 saturated carbocycles. The Bertz CT molecular complexity index is 787. The minimum absolute atomic E-state index is 0.131. The van der Waals surface area contributed by atoms with Gasteiger partial charge in [0.2, 0.25) is 5.75 Å². The van der Waals surface area contributed by atoms with Crippen LogP contribution in [0.4, 0.5) is 0 Å². The number of rotatable bonds is 11. The van der Waals surface area contributed by atoms with Crippen LogP contribution in [0.25, 0.3) is 6.08 Å². The van der Waals surface area contributed by atoms with Crippen molar-refractivity contribution in [1.82, 2.24) is 0 Å². The predicted octanol–water partition coefficient (Wildman–Crippen LogP) is 3.75. The van der Waals surface area contributed by atoms with Gasteiger partial charge < -0.3 is 28.4 Å². The fourth-order valence-corrected chi connectivity index (χ4v) is 2.51. The summed E-state index contributed by atoms with van der Waals surface area (Å²) in [6.45, 7) is 2.91. The molecule has 29 heavy (non-hydrogen) atoms. The van der Waals surface area contributed by atoms with Gasteiger partial charge in [-0.1, -0.05) is 0 Å². The van der Waals surface area contributed by atoms with Gasteiger partial charge in [-0.3, -0.25) is 0 Å². The van der Waals surface area contributed by atoms with Gasteiger partial charge in [-0.15, -0.1) is 0 Å². The lowest BCUT2D eigenvalue weighted by atomic mass is 10.1. The number of hydrogen-bond acceptors (Lipinski definition) is 7. The van der Waals surface area contributed by atoms with Crippen molar-refractivity contribution < 1.29 is 33.2 Å². The maximum absolute atomic E-state index is 11.9. The molecule has 0 radical (unpaired) electrons. The van der Waals surface area contributed by atoms with E-state index in [1.165, 1.54) is 27.4 Å². The van der Waals surface area contributed by atoms with Gasteiger partial charge in [0.25, 0.3) is 0 Å². The lowest BCUT2D eigenvalue weighted by Crippen LogP contribution is -2.10. The Hall–Kier alpha value is -3.35. The number of ether oxygens (including phenoxy) is 6. The molecular weight excluding hydrogens is 376 g/mol. The molecule has 2 aromatic rings. The van der Waals surface area contributed by atoms with Crippen LogP contribution in [-0.4, -0.2) is 47.1 Å². The average molecular weight is 402 g/mol. The van der Waals surface area contributed by atoms with Crippen molar-refractivity contribution >= 4 is 12.0 Å². The summed E-state index contributed by atoms with van der Waals surface area (Å²) in [6.07, 6.45) is 2.94. The second kappa shape index (κ2) is 11.5. The zero-order valence-corrected chi connectivity index (χ0v) is 17.1. The van der Waals surface area contributed by atoms with Crippen molar-refractivity contribution in [3.63, 3.8) is 0 Å². The molecule has 0 fully saturated rings. The Morgan fingerprint density at radius 3 is 1.97 bits per heavy atom. The Balaban J connectivity index is 1.83. The van der Waals surface area contributed by atoms with Crippen LogP contribution in [0.1, 0.15) is 12.5 Å². The zero-order chi connectivity index (χ0) is 21.1. The molecule has 0 aromatic heterocycles. The smallest absolute Gasteiger partial charge is 0.330 e. The van der Waals surface area contributed by atoms with E-state index in [0.29, 0.717) is 35.2 Å². The molecule has 0 N–H and O–H groups in total. The van der Waals surface area contributed by atoms with Crippen molar-refractivity contribution in [3.05, 3.63) is 48.0 Å². The third kappa shape index (κ3) is 6.64. The highest BCUT2D eigenvalue weighted by molar-refractivity contribution is 5.87.